The maximum atomic E-state index is 12.7. The molecule has 3 rings (SSSR count). The lowest BCUT2D eigenvalue weighted by Crippen LogP contribution is -2.46. The summed E-state index contributed by atoms with van der Waals surface area (Å²) in [6.07, 6.45) is 2.30. The Morgan fingerprint density at radius 1 is 1.20 bits per heavy atom. The molecule has 0 N–H and O–H groups in total. The molecule has 0 spiro atoms. The Labute approximate surface area is 174 Å². The second-order valence-corrected chi connectivity index (χ2v) is 7.33. The average molecular weight is 414 g/mol. The Balaban J connectivity index is 1.58. The van der Waals surface area contributed by atoms with Crippen molar-refractivity contribution in [3.8, 4) is 0 Å². The van der Waals surface area contributed by atoms with E-state index in [1.54, 1.807) is 37.1 Å². The molecule has 2 amide bonds. The van der Waals surface area contributed by atoms with E-state index in [-0.39, 0.29) is 42.4 Å². The Morgan fingerprint density at radius 3 is 2.60 bits per heavy atom. The van der Waals surface area contributed by atoms with Crippen LogP contribution in [-0.2, 0) is 25.7 Å². The fourth-order valence-electron chi connectivity index (χ4n) is 3.55. The van der Waals surface area contributed by atoms with Gasteiger partial charge in [0.15, 0.2) is 0 Å². The minimum absolute atomic E-state index is 0.0827. The summed E-state index contributed by atoms with van der Waals surface area (Å²) in [5.41, 5.74) is 0.815. The van der Waals surface area contributed by atoms with Crippen molar-refractivity contribution >= 4 is 28.8 Å². The standard InChI is InChI=1S/C21H26N4O5/c1-3-30-21(29)15-8-10-24(11-9-15)20(28)13-23(2)19(27)14-25-17-7-5-4-6-16(17)22-12-18(25)26/h4-7,12,15H,3,8-11,13-14H2,1-2H3. The van der Waals surface area contributed by atoms with Gasteiger partial charge in [0.05, 0.1) is 36.3 Å². The third kappa shape index (κ3) is 4.84. The lowest BCUT2D eigenvalue weighted by Gasteiger charge is -2.32. The second-order valence-electron chi connectivity index (χ2n) is 7.33. The van der Waals surface area contributed by atoms with Crippen LogP contribution in [-0.4, -0.2) is 70.4 Å². The van der Waals surface area contributed by atoms with Crippen LogP contribution in [0.1, 0.15) is 19.8 Å². The molecule has 0 aliphatic carbocycles. The van der Waals surface area contributed by atoms with Crippen LogP contribution < -0.4 is 5.56 Å². The molecule has 0 bridgehead atoms. The highest BCUT2D eigenvalue weighted by molar-refractivity contribution is 5.85. The number of hydrogen-bond acceptors (Lipinski definition) is 6. The molecule has 0 radical (unpaired) electrons. The normalized spacial score (nSPS) is 14.5. The predicted octanol–water partition coefficient (Wildman–Crippen LogP) is 0.657. The Morgan fingerprint density at radius 2 is 1.90 bits per heavy atom. The minimum Gasteiger partial charge on any atom is -0.466 e. The molecule has 9 nitrogen and oxygen atoms in total. The van der Waals surface area contributed by atoms with Gasteiger partial charge in [-0.3, -0.25) is 23.7 Å². The van der Waals surface area contributed by atoms with Gasteiger partial charge < -0.3 is 14.5 Å². The highest BCUT2D eigenvalue weighted by Gasteiger charge is 2.29. The maximum absolute atomic E-state index is 12.7. The van der Waals surface area contributed by atoms with Gasteiger partial charge >= 0.3 is 5.97 Å². The van der Waals surface area contributed by atoms with Crippen LogP contribution in [0.25, 0.3) is 11.0 Å². The topological polar surface area (TPSA) is 102 Å². The zero-order chi connectivity index (χ0) is 21.7. The lowest BCUT2D eigenvalue weighted by molar-refractivity contribution is -0.151. The number of amides is 2. The number of hydrogen-bond donors (Lipinski definition) is 0. The molecular weight excluding hydrogens is 388 g/mol. The van der Waals surface area contributed by atoms with E-state index in [4.69, 9.17) is 4.74 Å². The molecule has 1 aromatic carbocycles. The fourth-order valence-corrected chi connectivity index (χ4v) is 3.55. The van der Waals surface area contributed by atoms with Crippen LogP contribution in [0.15, 0.2) is 35.3 Å². The number of likely N-dealkylation sites (N-methyl/N-ethyl adjacent to an activating group) is 1. The predicted molar refractivity (Wildman–Crippen MR) is 110 cm³/mol. The summed E-state index contributed by atoms with van der Waals surface area (Å²) in [6, 6.07) is 7.08. The number of likely N-dealkylation sites (tertiary alicyclic amines) is 1. The van der Waals surface area contributed by atoms with Crippen LogP contribution >= 0.6 is 0 Å². The van der Waals surface area contributed by atoms with Gasteiger partial charge in [-0.25, -0.2) is 4.98 Å². The number of carbonyl (C=O) groups is 3. The highest BCUT2D eigenvalue weighted by atomic mass is 16.5. The summed E-state index contributed by atoms with van der Waals surface area (Å²) < 4.78 is 6.40. The number of nitrogens with zero attached hydrogens (tertiary/aromatic N) is 4. The van der Waals surface area contributed by atoms with Crippen molar-refractivity contribution in [1.82, 2.24) is 19.4 Å². The number of rotatable bonds is 6. The first-order chi connectivity index (χ1) is 14.4. The van der Waals surface area contributed by atoms with Gasteiger partial charge in [-0.15, -0.1) is 0 Å². The van der Waals surface area contributed by atoms with E-state index in [0.29, 0.717) is 43.6 Å². The van der Waals surface area contributed by atoms with Crippen LogP contribution in [0, 0.1) is 5.92 Å². The van der Waals surface area contributed by atoms with Gasteiger partial charge in [0.2, 0.25) is 11.8 Å². The molecule has 160 valence electrons. The fraction of sp³-hybridized carbons (Fsp3) is 0.476. The van der Waals surface area contributed by atoms with Crippen molar-refractivity contribution in [3.05, 3.63) is 40.8 Å². The molecule has 1 aliphatic rings. The van der Waals surface area contributed by atoms with Crippen molar-refractivity contribution in [2.75, 3.05) is 33.3 Å². The Hall–Kier alpha value is -3.23. The maximum Gasteiger partial charge on any atom is 0.309 e. The summed E-state index contributed by atoms with van der Waals surface area (Å²) in [4.78, 5) is 56.3. The molecule has 30 heavy (non-hydrogen) atoms. The third-order valence-corrected chi connectivity index (χ3v) is 5.31. The molecule has 9 heteroatoms. The van der Waals surface area contributed by atoms with E-state index < -0.39 is 0 Å². The number of para-hydroxylation sites is 2. The lowest BCUT2D eigenvalue weighted by atomic mass is 9.97. The molecule has 0 unspecified atom stereocenters. The number of esters is 1. The largest absolute Gasteiger partial charge is 0.466 e. The molecule has 1 aromatic heterocycles. The van der Waals surface area contributed by atoms with Crippen molar-refractivity contribution in [2.24, 2.45) is 5.92 Å². The van der Waals surface area contributed by atoms with E-state index in [0.717, 1.165) is 0 Å². The zero-order valence-electron chi connectivity index (χ0n) is 17.2. The van der Waals surface area contributed by atoms with Gasteiger partial charge in [0, 0.05) is 20.1 Å². The van der Waals surface area contributed by atoms with Crippen molar-refractivity contribution < 1.29 is 19.1 Å². The van der Waals surface area contributed by atoms with Crippen molar-refractivity contribution in [1.29, 1.82) is 0 Å². The third-order valence-electron chi connectivity index (χ3n) is 5.31. The van der Waals surface area contributed by atoms with Crippen molar-refractivity contribution in [2.45, 2.75) is 26.3 Å². The molecule has 0 saturated carbocycles. The van der Waals surface area contributed by atoms with Crippen molar-refractivity contribution in [3.63, 3.8) is 0 Å². The number of carbonyl (C=O) groups excluding carboxylic acids is 3. The molecule has 1 saturated heterocycles. The number of aromatic nitrogens is 2. The number of benzene rings is 1. The minimum atomic E-state index is -0.372. The summed E-state index contributed by atoms with van der Waals surface area (Å²) >= 11 is 0. The Bertz CT molecular complexity index is 994. The zero-order valence-corrected chi connectivity index (χ0v) is 17.2. The molecular formula is C21H26N4O5. The molecule has 2 heterocycles. The smallest absolute Gasteiger partial charge is 0.309 e. The SMILES string of the molecule is CCOC(=O)C1CCN(C(=O)CN(C)C(=O)Cn2c(=O)cnc3ccccc32)CC1. The van der Waals surface area contributed by atoms with Gasteiger partial charge in [-0.05, 0) is 31.9 Å². The van der Waals surface area contributed by atoms with E-state index in [1.165, 1.54) is 15.7 Å². The summed E-state index contributed by atoms with van der Waals surface area (Å²) in [6.45, 7) is 2.78. The summed E-state index contributed by atoms with van der Waals surface area (Å²) in [7, 11) is 1.54. The first-order valence-corrected chi connectivity index (χ1v) is 10.0. The summed E-state index contributed by atoms with van der Waals surface area (Å²) in [5, 5.41) is 0. The molecule has 1 fully saturated rings. The molecule has 1 aliphatic heterocycles. The monoisotopic (exact) mass is 414 g/mol. The number of piperidine rings is 1. The van der Waals surface area contributed by atoms with Crippen LogP contribution in [0.2, 0.25) is 0 Å². The van der Waals surface area contributed by atoms with E-state index in [2.05, 4.69) is 4.98 Å². The van der Waals surface area contributed by atoms with Gasteiger partial charge in [0.25, 0.3) is 5.56 Å². The quantitative estimate of drug-likeness (QED) is 0.644. The first-order valence-electron chi connectivity index (χ1n) is 10.0. The van der Waals surface area contributed by atoms with Gasteiger partial charge in [-0.1, -0.05) is 12.1 Å². The summed E-state index contributed by atoms with van der Waals surface area (Å²) in [5.74, 6) is -0.921. The first kappa shape index (κ1) is 21.5. The Kier molecular flexibility index (Phi) is 6.81. The van der Waals surface area contributed by atoms with Gasteiger partial charge in [-0.2, -0.15) is 0 Å². The highest BCUT2D eigenvalue weighted by Crippen LogP contribution is 2.19. The van der Waals surface area contributed by atoms with E-state index in [9.17, 15) is 19.2 Å². The molecule has 2 aromatic rings. The average Bonchev–Trinajstić information content (AvgIpc) is 2.75. The van der Waals surface area contributed by atoms with Crippen LogP contribution in [0.5, 0.6) is 0 Å². The van der Waals surface area contributed by atoms with Gasteiger partial charge in [0.1, 0.15) is 6.54 Å². The van der Waals surface area contributed by atoms with E-state index in [1.807, 2.05) is 6.07 Å². The van der Waals surface area contributed by atoms with E-state index >= 15 is 0 Å². The molecule has 0 atom stereocenters. The second kappa shape index (κ2) is 9.51. The van der Waals surface area contributed by atoms with Crippen LogP contribution in [0.4, 0.5) is 0 Å². The number of ether oxygens (including phenoxy) is 1. The number of fused-ring (bicyclic) bond motifs is 1. The van der Waals surface area contributed by atoms with Crippen LogP contribution in [0.3, 0.4) is 0 Å².